The molecule has 5 heteroatoms. The van der Waals surface area contributed by atoms with E-state index in [1.165, 1.54) is 0 Å². The van der Waals surface area contributed by atoms with Crippen molar-refractivity contribution >= 4 is 5.91 Å². The van der Waals surface area contributed by atoms with Crippen molar-refractivity contribution in [1.82, 2.24) is 10.6 Å². The van der Waals surface area contributed by atoms with Crippen LogP contribution in [-0.2, 0) is 9.53 Å². The highest BCUT2D eigenvalue weighted by atomic mass is 16.5. The van der Waals surface area contributed by atoms with Gasteiger partial charge in [0.05, 0.1) is 18.2 Å². The molecule has 0 aromatic heterocycles. The fourth-order valence-electron chi connectivity index (χ4n) is 1.77. The van der Waals surface area contributed by atoms with Gasteiger partial charge in [-0.05, 0) is 39.3 Å². The van der Waals surface area contributed by atoms with Crippen LogP contribution in [0.5, 0.6) is 0 Å². The first kappa shape index (κ1) is 14.4. The van der Waals surface area contributed by atoms with Crippen molar-refractivity contribution in [3.8, 4) is 0 Å². The van der Waals surface area contributed by atoms with Crippen molar-refractivity contribution in [2.24, 2.45) is 0 Å². The second kappa shape index (κ2) is 6.93. The molecule has 0 radical (unpaired) electrons. The van der Waals surface area contributed by atoms with Gasteiger partial charge < -0.3 is 20.5 Å². The van der Waals surface area contributed by atoms with E-state index < -0.39 is 5.54 Å². The zero-order valence-electron chi connectivity index (χ0n) is 10.8. The number of ether oxygens (including phenoxy) is 1. The molecule has 1 amide bonds. The molecule has 0 saturated carbocycles. The molecule has 1 saturated heterocycles. The smallest absolute Gasteiger partial charge is 0.246 e. The number of nitrogens with one attached hydrogen (secondary N) is 2. The lowest BCUT2D eigenvalue weighted by Gasteiger charge is -2.28. The first-order chi connectivity index (χ1) is 8.09. The number of amides is 1. The Balaban J connectivity index is 2.24. The minimum Gasteiger partial charge on any atom is -0.394 e. The summed E-state index contributed by atoms with van der Waals surface area (Å²) in [5, 5.41) is 15.2. The lowest BCUT2D eigenvalue weighted by molar-refractivity contribution is -0.130. The number of carbonyl (C=O) groups excluding carboxylic acids is 1. The molecule has 0 aromatic rings. The van der Waals surface area contributed by atoms with Crippen LogP contribution < -0.4 is 10.6 Å². The Bertz CT molecular complexity index is 236. The largest absolute Gasteiger partial charge is 0.394 e. The predicted molar refractivity (Wildman–Crippen MR) is 65.8 cm³/mol. The molecule has 1 aliphatic rings. The summed E-state index contributed by atoms with van der Waals surface area (Å²) in [6.07, 6.45) is 2.79. The van der Waals surface area contributed by atoms with Gasteiger partial charge in [-0.1, -0.05) is 6.92 Å². The standard InChI is InChI=1S/C12H24N2O3/c1-3-12(2,9-15)14-11(16)8-17-10-4-6-13-7-5-10/h10,13,15H,3-9H2,1-2H3,(H,14,16). The number of hydrogen-bond acceptors (Lipinski definition) is 4. The van der Waals surface area contributed by atoms with Crippen molar-refractivity contribution < 1.29 is 14.6 Å². The normalized spacial score (nSPS) is 20.9. The van der Waals surface area contributed by atoms with Gasteiger partial charge in [-0.3, -0.25) is 4.79 Å². The summed E-state index contributed by atoms with van der Waals surface area (Å²) >= 11 is 0. The topological polar surface area (TPSA) is 70.6 Å². The lowest BCUT2D eigenvalue weighted by atomic mass is 10.0. The zero-order valence-corrected chi connectivity index (χ0v) is 10.8. The summed E-state index contributed by atoms with van der Waals surface area (Å²) in [7, 11) is 0. The van der Waals surface area contributed by atoms with Crippen LogP contribution in [0.3, 0.4) is 0 Å². The van der Waals surface area contributed by atoms with E-state index in [2.05, 4.69) is 10.6 Å². The molecular weight excluding hydrogens is 220 g/mol. The highest BCUT2D eigenvalue weighted by Crippen LogP contribution is 2.09. The summed E-state index contributed by atoms with van der Waals surface area (Å²) in [6, 6.07) is 0. The van der Waals surface area contributed by atoms with E-state index in [-0.39, 0.29) is 25.2 Å². The highest BCUT2D eigenvalue weighted by Gasteiger charge is 2.23. The van der Waals surface area contributed by atoms with E-state index in [0.717, 1.165) is 25.9 Å². The van der Waals surface area contributed by atoms with Crippen molar-refractivity contribution in [2.45, 2.75) is 44.8 Å². The van der Waals surface area contributed by atoms with Crippen molar-refractivity contribution in [1.29, 1.82) is 0 Å². The Morgan fingerprint density at radius 1 is 1.53 bits per heavy atom. The number of aliphatic hydroxyl groups is 1. The molecule has 0 spiro atoms. The van der Waals surface area contributed by atoms with Gasteiger partial charge in [-0.2, -0.15) is 0 Å². The van der Waals surface area contributed by atoms with Crippen molar-refractivity contribution in [3.05, 3.63) is 0 Å². The Labute approximate surface area is 103 Å². The van der Waals surface area contributed by atoms with E-state index >= 15 is 0 Å². The maximum absolute atomic E-state index is 11.7. The number of piperidine rings is 1. The van der Waals surface area contributed by atoms with Gasteiger partial charge in [0.2, 0.25) is 5.91 Å². The molecule has 0 aliphatic carbocycles. The van der Waals surface area contributed by atoms with Crippen LogP contribution in [0.2, 0.25) is 0 Å². The molecule has 5 nitrogen and oxygen atoms in total. The summed E-state index contributed by atoms with van der Waals surface area (Å²) in [5.74, 6) is -0.151. The zero-order chi connectivity index (χ0) is 12.7. The molecular formula is C12H24N2O3. The first-order valence-corrected chi connectivity index (χ1v) is 6.34. The van der Waals surface area contributed by atoms with Crippen LogP contribution in [0.1, 0.15) is 33.1 Å². The fraction of sp³-hybridized carbons (Fsp3) is 0.917. The summed E-state index contributed by atoms with van der Waals surface area (Å²) in [4.78, 5) is 11.7. The third-order valence-electron chi connectivity index (χ3n) is 3.31. The van der Waals surface area contributed by atoms with Gasteiger partial charge in [0.25, 0.3) is 0 Å². The quantitative estimate of drug-likeness (QED) is 0.616. The minimum atomic E-state index is -0.533. The summed E-state index contributed by atoms with van der Waals surface area (Å²) in [6.45, 7) is 5.70. The van der Waals surface area contributed by atoms with E-state index in [9.17, 15) is 9.90 Å². The second-order valence-corrected chi connectivity index (χ2v) is 4.88. The Morgan fingerprint density at radius 3 is 2.71 bits per heavy atom. The van der Waals surface area contributed by atoms with Crippen LogP contribution in [0.25, 0.3) is 0 Å². The second-order valence-electron chi connectivity index (χ2n) is 4.88. The Morgan fingerprint density at radius 2 is 2.18 bits per heavy atom. The van der Waals surface area contributed by atoms with Gasteiger partial charge in [0, 0.05) is 0 Å². The van der Waals surface area contributed by atoms with Crippen LogP contribution in [0, 0.1) is 0 Å². The molecule has 3 N–H and O–H groups in total. The maximum Gasteiger partial charge on any atom is 0.246 e. The van der Waals surface area contributed by atoms with Crippen LogP contribution in [0.15, 0.2) is 0 Å². The molecule has 1 aliphatic heterocycles. The van der Waals surface area contributed by atoms with Crippen LogP contribution in [-0.4, -0.2) is 49.0 Å². The fourth-order valence-corrected chi connectivity index (χ4v) is 1.77. The van der Waals surface area contributed by atoms with Crippen molar-refractivity contribution in [2.75, 3.05) is 26.3 Å². The van der Waals surface area contributed by atoms with Gasteiger partial charge in [-0.15, -0.1) is 0 Å². The van der Waals surface area contributed by atoms with Gasteiger partial charge >= 0.3 is 0 Å². The molecule has 1 rings (SSSR count). The third kappa shape index (κ3) is 5.02. The van der Waals surface area contributed by atoms with E-state index in [4.69, 9.17) is 4.74 Å². The number of rotatable bonds is 6. The molecule has 17 heavy (non-hydrogen) atoms. The summed E-state index contributed by atoms with van der Waals surface area (Å²) in [5.41, 5.74) is -0.533. The van der Waals surface area contributed by atoms with E-state index in [0.29, 0.717) is 6.42 Å². The Hall–Kier alpha value is -0.650. The van der Waals surface area contributed by atoms with Crippen LogP contribution >= 0.6 is 0 Å². The maximum atomic E-state index is 11.7. The molecule has 1 heterocycles. The average molecular weight is 244 g/mol. The highest BCUT2D eigenvalue weighted by molar-refractivity contribution is 5.78. The lowest BCUT2D eigenvalue weighted by Crippen LogP contribution is -2.50. The SMILES string of the molecule is CCC(C)(CO)NC(=O)COC1CCNCC1. The predicted octanol–water partition coefficient (Wildman–Crippen LogP) is 0.0322. The average Bonchev–Trinajstić information content (AvgIpc) is 2.37. The van der Waals surface area contributed by atoms with Crippen LogP contribution in [0.4, 0.5) is 0 Å². The molecule has 1 atom stereocenters. The number of hydrogen-bond donors (Lipinski definition) is 3. The molecule has 0 aromatic carbocycles. The molecule has 1 fully saturated rings. The van der Waals surface area contributed by atoms with Gasteiger partial charge in [0.15, 0.2) is 0 Å². The minimum absolute atomic E-state index is 0.0530. The number of aliphatic hydroxyl groups excluding tert-OH is 1. The number of carbonyl (C=O) groups is 1. The first-order valence-electron chi connectivity index (χ1n) is 6.34. The van der Waals surface area contributed by atoms with Crippen molar-refractivity contribution in [3.63, 3.8) is 0 Å². The molecule has 1 unspecified atom stereocenters. The van der Waals surface area contributed by atoms with Gasteiger partial charge in [0.1, 0.15) is 6.61 Å². The van der Waals surface area contributed by atoms with E-state index in [1.54, 1.807) is 0 Å². The summed E-state index contributed by atoms with van der Waals surface area (Å²) < 4.78 is 5.55. The van der Waals surface area contributed by atoms with E-state index in [1.807, 2.05) is 13.8 Å². The third-order valence-corrected chi connectivity index (χ3v) is 3.31. The van der Waals surface area contributed by atoms with Gasteiger partial charge in [-0.25, -0.2) is 0 Å². The monoisotopic (exact) mass is 244 g/mol. The molecule has 100 valence electrons. The Kier molecular flexibility index (Phi) is 5.88. The molecule has 0 bridgehead atoms.